The predicted octanol–water partition coefficient (Wildman–Crippen LogP) is 3.60. The molecule has 3 aromatic rings. The van der Waals surface area contributed by atoms with Crippen molar-refractivity contribution in [2.24, 2.45) is 0 Å². The number of carbonyl (C=O) groups is 2. The second kappa shape index (κ2) is 9.93. The van der Waals surface area contributed by atoms with Crippen LogP contribution in [-0.4, -0.2) is 39.4 Å². The van der Waals surface area contributed by atoms with E-state index in [1.807, 2.05) is 30.5 Å². The first kappa shape index (κ1) is 21.4. The lowest BCUT2D eigenvalue weighted by atomic mass is 10.2. The van der Waals surface area contributed by atoms with Crippen LogP contribution in [0.5, 0.6) is 5.75 Å². The number of hydrogen-bond donors (Lipinski definition) is 2. The summed E-state index contributed by atoms with van der Waals surface area (Å²) in [6.07, 6.45) is 0. The summed E-state index contributed by atoms with van der Waals surface area (Å²) in [5.74, 6) is 1.20. The van der Waals surface area contributed by atoms with Gasteiger partial charge in [0.25, 0.3) is 5.91 Å². The quantitative estimate of drug-likeness (QED) is 0.535. The van der Waals surface area contributed by atoms with Crippen LogP contribution in [0.2, 0.25) is 0 Å². The minimum Gasteiger partial charge on any atom is -0.495 e. The third-order valence-electron chi connectivity index (χ3n) is 4.34. The Morgan fingerprint density at radius 1 is 1.07 bits per heavy atom. The minimum absolute atomic E-state index is 0.158. The number of ether oxygens (including phenoxy) is 1. The number of amides is 2. The predicted molar refractivity (Wildman–Crippen MR) is 117 cm³/mol. The number of thioether (sulfide) groups is 1. The standard InChI is InChI=1S/C21H23N5O3S/c1-4-26-14(2)24-25-21(26)30-13-19(27)22-16-11-9-15(10-12-16)20(28)23-17-7-5-6-8-18(17)29-3/h5-12H,4,13H2,1-3H3,(H,22,27)(H,23,28). The molecule has 0 bridgehead atoms. The summed E-state index contributed by atoms with van der Waals surface area (Å²) in [7, 11) is 1.55. The second-order valence-corrected chi connectivity index (χ2v) is 7.29. The molecule has 0 radical (unpaired) electrons. The van der Waals surface area contributed by atoms with Crippen LogP contribution >= 0.6 is 11.8 Å². The second-order valence-electron chi connectivity index (χ2n) is 6.34. The zero-order chi connectivity index (χ0) is 21.5. The summed E-state index contributed by atoms with van der Waals surface area (Å²) < 4.78 is 7.19. The van der Waals surface area contributed by atoms with Gasteiger partial charge in [0, 0.05) is 17.8 Å². The summed E-state index contributed by atoms with van der Waals surface area (Å²) in [6, 6.07) is 13.9. The van der Waals surface area contributed by atoms with E-state index < -0.39 is 0 Å². The van der Waals surface area contributed by atoms with E-state index in [0.29, 0.717) is 27.8 Å². The summed E-state index contributed by atoms with van der Waals surface area (Å²) in [6.45, 7) is 4.64. The van der Waals surface area contributed by atoms with E-state index in [1.54, 1.807) is 43.5 Å². The molecule has 0 unspecified atom stereocenters. The highest BCUT2D eigenvalue weighted by Crippen LogP contribution is 2.24. The Morgan fingerprint density at radius 3 is 2.50 bits per heavy atom. The molecule has 0 fully saturated rings. The van der Waals surface area contributed by atoms with Crippen molar-refractivity contribution in [3.8, 4) is 5.75 Å². The van der Waals surface area contributed by atoms with Crippen LogP contribution in [0, 0.1) is 6.92 Å². The fraction of sp³-hybridized carbons (Fsp3) is 0.238. The lowest BCUT2D eigenvalue weighted by molar-refractivity contribution is -0.113. The Bertz CT molecular complexity index is 1030. The average molecular weight is 426 g/mol. The van der Waals surface area contributed by atoms with Gasteiger partial charge in [-0.1, -0.05) is 23.9 Å². The average Bonchev–Trinajstić information content (AvgIpc) is 3.12. The molecule has 2 aromatic carbocycles. The molecule has 9 heteroatoms. The Balaban J connectivity index is 1.56. The molecule has 8 nitrogen and oxygen atoms in total. The number of aryl methyl sites for hydroxylation is 1. The number of rotatable bonds is 8. The Labute approximate surface area is 179 Å². The fourth-order valence-electron chi connectivity index (χ4n) is 2.81. The van der Waals surface area contributed by atoms with E-state index >= 15 is 0 Å². The van der Waals surface area contributed by atoms with Crippen LogP contribution in [0.15, 0.2) is 53.7 Å². The van der Waals surface area contributed by atoms with Gasteiger partial charge in [-0.3, -0.25) is 9.59 Å². The SMILES string of the molecule is CCn1c(C)nnc1SCC(=O)Nc1ccc(C(=O)Nc2ccccc2OC)cc1. The van der Waals surface area contributed by atoms with Gasteiger partial charge in [0.05, 0.1) is 18.6 Å². The van der Waals surface area contributed by atoms with Gasteiger partial charge in [0.2, 0.25) is 5.91 Å². The Hall–Kier alpha value is -3.33. The van der Waals surface area contributed by atoms with Crippen molar-refractivity contribution >= 4 is 35.0 Å². The molecule has 0 spiro atoms. The normalized spacial score (nSPS) is 10.5. The van der Waals surface area contributed by atoms with Gasteiger partial charge < -0.3 is 19.9 Å². The van der Waals surface area contributed by atoms with Gasteiger partial charge >= 0.3 is 0 Å². The molecule has 0 aliphatic heterocycles. The monoisotopic (exact) mass is 425 g/mol. The topological polar surface area (TPSA) is 98.1 Å². The number of aromatic nitrogens is 3. The molecule has 0 atom stereocenters. The first-order chi connectivity index (χ1) is 14.5. The largest absolute Gasteiger partial charge is 0.495 e. The van der Waals surface area contributed by atoms with Crippen LogP contribution in [0.3, 0.4) is 0 Å². The highest BCUT2D eigenvalue weighted by molar-refractivity contribution is 7.99. The molecule has 0 aliphatic carbocycles. The lowest BCUT2D eigenvalue weighted by Gasteiger charge is -2.10. The maximum atomic E-state index is 12.5. The van der Waals surface area contributed by atoms with Crippen molar-refractivity contribution in [3.05, 3.63) is 59.9 Å². The molecule has 2 amide bonds. The number of anilines is 2. The molecule has 2 N–H and O–H groups in total. The van der Waals surface area contributed by atoms with Crippen molar-refractivity contribution in [2.45, 2.75) is 25.5 Å². The van der Waals surface area contributed by atoms with Crippen LogP contribution in [-0.2, 0) is 11.3 Å². The number of nitrogens with zero attached hydrogens (tertiary/aromatic N) is 3. The fourth-order valence-corrected chi connectivity index (χ4v) is 3.65. The number of para-hydroxylation sites is 2. The van der Waals surface area contributed by atoms with Crippen molar-refractivity contribution in [1.29, 1.82) is 0 Å². The third kappa shape index (κ3) is 5.18. The van der Waals surface area contributed by atoms with Crippen LogP contribution < -0.4 is 15.4 Å². The van der Waals surface area contributed by atoms with Gasteiger partial charge in [-0.05, 0) is 50.2 Å². The van der Waals surface area contributed by atoms with E-state index in [9.17, 15) is 9.59 Å². The summed E-state index contributed by atoms with van der Waals surface area (Å²) in [4.78, 5) is 24.7. The highest BCUT2D eigenvalue weighted by Gasteiger charge is 2.12. The van der Waals surface area contributed by atoms with E-state index in [4.69, 9.17) is 4.74 Å². The van der Waals surface area contributed by atoms with Crippen molar-refractivity contribution in [3.63, 3.8) is 0 Å². The zero-order valence-electron chi connectivity index (χ0n) is 17.0. The number of benzene rings is 2. The molecule has 0 saturated heterocycles. The van der Waals surface area contributed by atoms with Gasteiger partial charge in [0.15, 0.2) is 5.16 Å². The number of hydrogen-bond acceptors (Lipinski definition) is 6. The molecule has 0 aliphatic rings. The molecule has 3 rings (SSSR count). The third-order valence-corrected chi connectivity index (χ3v) is 5.30. The van der Waals surface area contributed by atoms with E-state index in [1.165, 1.54) is 11.8 Å². The molecule has 1 aromatic heterocycles. The number of methoxy groups -OCH3 is 1. The molecular formula is C21H23N5O3S. The lowest BCUT2D eigenvalue weighted by Crippen LogP contribution is -2.15. The first-order valence-corrected chi connectivity index (χ1v) is 10.4. The zero-order valence-corrected chi connectivity index (χ0v) is 17.8. The molecular weight excluding hydrogens is 402 g/mol. The highest BCUT2D eigenvalue weighted by atomic mass is 32.2. The Kier molecular flexibility index (Phi) is 7.08. The van der Waals surface area contributed by atoms with Gasteiger partial charge in [-0.15, -0.1) is 10.2 Å². The smallest absolute Gasteiger partial charge is 0.255 e. The van der Waals surface area contributed by atoms with Crippen LogP contribution in [0.25, 0.3) is 0 Å². The van der Waals surface area contributed by atoms with Crippen molar-refractivity contribution in [2.75, 3.05) is 23.5 Å². The molecule has 1 heterocycles. The number of carbonyl (C=O) groups excluding carboxylic acids is 2. The van der Waals surface area contributed by atoms with Gasteiger partial charge in [-0.2, -0.15) is 0 Å². The van der Waals surface area contributed by atoms with Crippen molar-refractivity contribution < 1.29 is 14.3 Å². The molecule has 0 saturated carbocycles. The van der Waals surface area contributed by atoms with E-state index in [-0.39, 0.29) is 17.6 Å². The maximum Gasteiger partial charge on any atom is 0.255 e. The van der Waals surface area contributed by atoms with Gasteiger partial charge in [-0.25, -0.2) is 0 Å². The summed E-state index contributed by atoms with van der Waals surface area (Å²) in [5.41, 5.74) is 1.68. The minimum atomic E-state index is -0.262. The maximum absolute atomic E-state index is 12.5. The Morgan fingerprint density at radius 2 is 1.80 bits per heavy atom. The first-order valence-electron chi connectivity index (χ1n) is 9.38. The number of nitrogens with one attached hydrogen (secondary N) is 2. The van der Waals surface area contributed by atoms with Crippen molar-refractivity contribution in [1.82, 2.24) is 14.8 Å². The van der Waals surface area contributed by atoms with E-state index in [0.717, 1.165) is 12.4 Å². The van der Waals surface area contributed by atoms with Crippen LogP contribution in [0.4, 0.5) is 11.4 Å². The summed E-state index contributed by atoms with van der Waals surface area (Å²) >= 11 is 1.33. The summed E-state index contributed by atoms with van der Waals surface area (Å²) in [5, 5.41) is 14.5. The van der Waals surface area contributed by atoms with Gasteiger partial charge in [0.1, 0.15) is 11.6 Å². The molecule has 156 valence electrons. The van der Waals surface area contributed by atoms with E-state index in [2.05, 4.69) is 20.8 Å². The molecule has 30 heavy (non-hydrogen) atoms. The van der Waals surface area contributed by atoms with Crippen LogP contribution in [0.1, 0.15) is 23.1 Å².